The molecule has 0 aliphatic carbocycles. The lowest BCUT2D eigenvalue weighted by molar-refractivity contribution is 0.282. The Labute approximate surface area is 142 Å². The molecular weight excluding hydrogens is 314 g/mol. The molecule has 0 bridgehead atoms. The molecule has 0 saturated carbocycles. The fourth-order valence-electron chi connectivity index (χ4n) is 2.35. The summed E-state index contributed by atoms with van der Waals surface area (Å²) in [5.41, 5.74) is 3.21. The first-order chi connectivity index (χ1) is 11.2. The molecule has 0 aromatic heterocycles. The summed E-state index contributed by atoms with van der Waals surface area (Å²) >= 11 is 6.20. The molecule has 23 heavy (non-hydrogen) atoms. The van der Waals surface area contributed by atoms with Crippen LogP contribution < -0.4 is 14.8 Å². The van der Waals surface area contributed by atoms with Crippen molar-refractivity contribution in [3.63, 3.8) is 0 Å². The topological polar surface area (TPSA) is 50.7 Å². The molecule has 0 unspecified atom stereocenters. The third-order valence-electron chi connectivity index (χ3n) is 3.62. The van der Waals surface area contributed by atoms with Crippen LogP contribution in [-0.2, 0) is 19.6 Å². The summed E-state index contributed by atoms with van der Waals surface area (Å²) in [4.78, 5) is 0. The smallest absolute Gasteiger partial charge is 0.179 e. The van der Waals surface area contributed by atoms with Crippen LogP contribution in [-0.4, -0.2) is 25.9 Å². The zero-order chi connectivity index (χ0) is 16.7. The van der Waals surface area contributed by atoms with E-state index in [-0.39, 0.29) is 6.61 Å². The van der Waals surface area contributed by atoms with Gasteiger partial charge in [-0.15, -0.1) is 0 Å². The lowest BCUT2D eigenvalue weighted by Crippen LogP contribution is -2.16. The Morgan fingerprint density at radius 2 is 1.70 bits per heavy atom. The molecule has 0 amide bonds. The van der Waals surface area contributed by atoms with Gasteiger partial charge in [-0.3, -0.25) is 0 Å². The van der Waals surface area contributed by atoms with Crippen molar-refractivity contribution >= 4 is 11.6 Å². The average molecular weight is 336 g/mol. The molecule has 0 aliphatic heterocycles. The van der Waals surface area contributed by atoms with Gasteiger partial charge in [0, 0.05) is 6.54 Å². The molecule has 5 heteroatoms. The highest BCUT2D eigenvalue weighted by Crippen LogP contribution is 2.35. The molecule has 2 rings (SSSR count). The Balaban J connectivity index is 1.87. The minimum absolute atomic E-state index is 0.0819. The molecular formula is C18H22ClNO3. The first kappa shape index (κ1) is 17.6. The number of aliphatic hydroxyl groups excluding tert-OH is 1. The minimum Gasteiger partial charge on any atom is -0.493 e. The number of methoxy groups -OCH3 is 2. The quantitative estimate of drug-likeness (QED) is 0.727. The standard InChI is InChI=1S/C18H22ClNO3/c1-22-17-10-15(9-16(19)18(17)23-2)11-20-8-7-13-3-5-14(12-21)6-4-13/h3-6,9-10,20-21H,7-8,11-12H2,1-2H3. The predicted octanol–water partition coefficient (Wildman–Crippen LogP) is 3.18. The first-order valence-corrected chi connectivity index (χ1v) is 7.85. The van der Waals surface area contributed by atoms with Crippen molar-refractivity contribution in [3.8, 4) is 11.5 Å². The Kier molecular flexibility index (Phi) is 6.71. The Hall–Kier alpha value is -1.75. The normalized spacial score (nSPS) is 10.6. The number of ether oxygens (including phenoxy) is 2. The predicted molar refractivity (Wildman–Crippen MR) is 92.3 cm³/mol. The minimum atomic E-state index is 0.0819. The fourth-order valence-corrected chi connectivity index (χ4v) is 2.66. The monoisotopic (exact) mass is 335 g/mol. The third-order valence-corrected chi connectivity index (χ3v) is 3.90. The van der Waals surface area contributed by atoms with Crippen molar-refractivity contribution < 1.29 is 14.6 Å². The van der Waals surface area contributed by atoms with E-state index in [1.54, 1.807) is 14.2 Å². The highest BCUT2D eigenvalue weighted by molar-refractivity contribution is 6.32. The summed E-state index contributed by atoms with van der Waals surface area (Å²) in [5, 5.41) is 13.0. The van der Waals surface area contributed by atoms with Gasteiger partial charge in [0.05, 0.1) is 25.8 Å². The lowest BCUT2D eigenvalue weighted by atomic mass is 10.1. The highest BCUT2D eigenvalue weighted by Gasteiger charge is 2.10. The molecule has 0 radical (unpaired) electrons. The average Bonchev–Trinajstić information content (AvgIpc) is 2.58. The van der Waals surface area contributed by atoms with E-state index in [0.717, 1.165) is 24.1 Å². The SMILES string of the molecule is COc1cc(CNCCc2ccc(CO)cc2)cc(Cl)c1OC. The Bertz CT molecular complexity index is 629. The summed E-state index contributed by atoms with van der Waals surface area (Å²) in [5.74, 6) is 1.19. The number of nitrogens with one attached hydrogen (secondary N) is 1. The number of aliphatic hydroxyl groups is 1. The molecule has 2 N–H and O–H groups in total. The maximum absolute atomic E-state index is 9.03. The number of hydrogen-bond donors (Lipinski definition) is 2. The van der Waals surface area contributed by atoms with Crippen LogP contribution in [0.25, 0.3) is 0 Å². The van der Waals surface area contributed by atoms with Crippen LogP contribution >= 0.6 is 11.6 Å². The maximum atomic E-state index is 9.03. The zero-order valence-corrected chi connectivity index (χ0v) is 14.2. The molecule has 0 heterocycles. The van der Waals surface area contributed by atoms with Crippen LogP contribution in [0.3, 0.4) is 0 Å². The molecule has 0 aliphatic rings. The van der Waals surface area contributed by atoms with Crippen LogP contribution in [0, 0.1) is 0 Å². The number of benzene rings is 2. The van der Waals surface area contributed by atoms with E-state index in [4.69, 9.17) is 26.2 Å². The van der Waals surface area contributed by atoms with Gasteiger partial charge < -0.3 is 19.9 Å². The van der Waals surface area contributed by atoms with Crippen LogP contribution in [0.1, 0.15) is 16.7 Å². The lowest BCUT2D eigenvalue weighted by Gasteiger charge is -2.12. The third kappa shape index (κ3) is 4.86. The van der Waals surface area contributed by atoms with Gasteiger partial charge in [0.1, 0.15) is 0 Å². The molecule has 0 saturated heterocycles. The summed E-state index contributed by atoms with van der Waals surface area (Å²) in [6.07, 6.45) is 0.923. The van der Waals surface area contributed by atoms with Crippen molar-refractivity contribution in [2.24, 2.45) is 0 Å². The van der Waals surface area contributed by atoms with E-state index in [1.807, 2.05) is 36.4 Å². The fraction of sp³-hybridized carbons (Fsp3) is 0.333. The second-order valence-electron chi connectivity index (χ2n) is 5.21. The van der Waals surface area contributed by atoms with Crippen molar-refractivity contribution in [3.05, 3.63) is 58.1 Å². The number of hydrogen-bond acceptors (Lipinski definition) is 4. The second-order valence-corrected chi connectivity index (χ2v) is 5.62. The van der Waals surface area contributed by atoms with E-state index in [1.165, 1.54) is 5.56 Å². The van der Waals surface area contributed by atoms with E-state index >= 15 is 0 Å². The Morgan fingerprint density at radius 1 is 1.00 bits per heavy atom. The number of halogens is 1. The van der Waals surface area contributed by atoms with E-state index < -0.39 is 0 Å². The van der Waals surface area contributed by atoms with Gasteiger partial charge in [-0.2, -0.15) is 0 Å². The Morgan fingerprint density at radius 3 is 2.30 bits per heavy atom. The molecule has 0 atom stereocenters. The van der Waals surface area contributed by atoms with Gasteiger partial charge in [-0.25, -0.2) is 0 Å². The van der Waals surface area contributed by atoms with Crippen molar-refractivity contribution in [1.82, 2.24) is 5.32 Å². The molecule has 2 aromatic carbocycles. The van der Waals surface area contributed by atoms with Crippen LogP contribution in [0.5, 0.6) is 11.5 Å². The number of rotatable bonds is 8. The summed E-state index contributed by atoms with van der Waals surface area (Å²) in [7, 11) is 3.17. The molecule has 0 fully saturated rings. The highest BCUT2D eigenvalue weighted by atomic mass is 35.5. The molecule has 4 nitrogen and oxygen atoms in total. The maximum Gasteiger partial charge on any atom is 0.179 e. The molecule has 124 valence electrons. The van der Waals surface area contributed by atoms with E-state index in [2.05, 4.69) is 5.32 Å². The molecule has 0 spiro atoms. The van der Waals surface area contributed by atoms with Gasteiger partial charge >= 0.3 is 0 Å². The van der Waals surface area contributed by atoms with Crippen LogP contribution in [0.2, 0.25) is 5.02 Å². The van der Waals surface area contributed by atoms with Crippen molar-refractivity contribution in [2.75, 3.05) is 20.8 Å². The van der Waals surface area contributed by atoms with Gasteiger partial charge in [-0.1, -0.05) is 35.9 Å². The second kappa shape index (κ2) is 8.77. The van der Waals surface area contributed by atoms with Gasteiger partial charge in [0.15, 0.2) is 11.5 Å². The van der Waals surface area contributed by atoms with E-state index in [9.17, 15) is 0 Å². The molecule has 2 aromatic rings. The van der Waals surface area contributed by atoms with Crippen LogP contribution in [0.15, 0.2) is 36.4 Å². The van der Waals surface area contributed by atoms with Crippen molar-refractivity contribution in [2.45, 2.75) is 19.6 Å². The van der Waals surface area contributed by atoms with E-state index in [0.29, 0.717) is 23.1 Å². The van der Waals surface area contributed by atoms with Gasteiger partial charge in [0.25, 0.3) is 0 Å². The zero-order valence-electron chi connectivity index (χ0n) is 13.4. The van der Waals surface area contributed by atoms with Gasteiger partial charge in [-0.05, 0) is 41.8 Å². The largest absolute Gasteiger partial charge is 0.493 e. The van der Waals surface area contributed by atoms with Crippen LogP contribution in [0.4, 0.5) is 0 Å². The van der Waals surface area contributed by atoms with Gasteiger partial charge in [0.2, 0.25) is 0 Å². The summed E-state index contributed by atoms with van der Waals surface area (Å²) < 4.78 is 10.5. The first-order valence-electron chi connectivity index (χ1n) is 7.47. The summed E-state index contributed by atoms with van der Waals surface area (Å²) in [6, 6.07) is 11.8. The summed E-state index contributed by atoms with van der Waals surface area (Å²) in [6.45, 7) is 1.64. The van der Waals surface area contributed by atoms with Crippen molar-refractivity contribution in [1.29, 1.82) is 0 Å².